The van der Waals surface area contributed by atoms with Crippen LogP contribution in [-0.2, 0) is 0 Å². The van der Waals surface area contributed by atoms with Crippen molar-refractivity contribution in [3.8, 4) is 5.75 Å². The van der Waals surface area contributed by atoms with Gasteiger partial charge in [0.1, 0.15) is 5.75 Å². The Morgan fingerprint density at radius 1 is 0.950 bits per heavy atom. The second-order valence-electron chi connectivity index (χ2n) is 5.19. The lowest BCUT2D eigenvalue weighted by atomic mass is 10.0. The molecule has 20 heavy (non-hydrogen) atoms. The number of hydrogen-bond acceptors (Lipinski definition) is 2. The fourth-order valence-electron chi connectivity index (χ4n) is 2.06. The summed E-state index contributed by atoms with van der Waals surface area (Å²) >= 11 is 0. The van der Waals surface area contributed by atoms with E-state index in [2.05, 4.69) is 0 Å². The molecule has 2 aromatic rings. The highest BCUT2D eigenvalue weighted by Crippen LogP contribution is 2.20. The van der Waals surface area contributed by atoms with Gasteiger partial charge in [0.25, 0.3) is 0 Å². The average molecular weight is 268 g/mol. The number of hydrogen-bond donors (Lipinski definition) is 0. The van der Waals surface area contributed by atoms with Gasteiger partial charge >= 0.3 is 0 Å². The van der Waals surface area contributed by atoms with E-state index >= 15 is 0 Å². The summed E-state index contributed by atoms with van der Waals surface area (Å²) in [6.07, 6.45) is -0.488. The Morgan fingerprint density at radius 3 is 2.30 bits per heavy atom. The minimum atomic E-state index is -0.488. The molecule has 0 bridgehead atoms. The Kier molecular flexibility index (Phi) is 4.23. The maximum atomic E-state index is 12.4. The monoisotopic (exact) mass is 268 g/mol. The fourth-order valence-corrected chi connectivity index (χ4v) is 2.06. The van der Waals surface area contributed by atoms with Crippen LogP contribution in [0.15, 0.2) is 42.5 Å². The molecule has 1 unspecified atom stereocenters. The van der Waals surface area contributed by atoms with E-state index in [1.54, 1.807) is 6.92 Å². The van der Waals surface area contributed by atoms with Crippen molar-refractivity contribution in [3.05, 3.63) is 64.7 Å². The van der Waals surface area contributed by atoms with Crippen molar-refractivity contribution >= 4 is 5.78 Å². The van der Waals surface area contributed by atoms with E-state index in [1.165, 1.54) is 5.56 Å². The summed E-state index contributed by atoms with van der Waals surface area (Å²) in [6, 6.07) is 13.5. The molecule has 0 heterocycles. The van der Waals surface area contributed by atoms with Crippen LogP contribution >= 0.6 is 0 Å². The number of ketones is 1. The number of rotatable bonds is 4. The molecule has 0 aliphatic rings. The number of carbonyl (C=O) groups excluding carboxylic acids is 1. The number of Topliss-reactive ketones (excluding diaryl/α,β-unsaturated/α-hetero) is 1. The van der Waals surface area contributed by atoms with Gasteiger partial charge in [0, 0.05) is 5.56 Å². The van der Waals surface area contributed by atoms with Crippen molar-refractivity contribution in [3.63, 3.8) is 0 Å². The second-order valence-corrected chi connectivity index (χ2v) is 5.19. The molecule has 0 saturated carbocycles. The van der Waals surface area contributed by atoms with Gasteiger partial charge < -0.3 is 4.74 Å². The summed E-state index contributed by atoms with van der Waals surface area (Å²) < 4.78 is 5.78. The van der Waals surface area contributed by atoms with Gasteiger partial charge in [-0.15, -0.1) is 0 Å². The first-order valence-corrected chi connectivity index (χ1v) is 6.83. The topological polar surface area (TPSA) is 26.3 Å². The summed E-state index contributed by atoms with van der Waals surface area (Å²) in [4.78, 5) is 12.4. The SMILES string of the molecule is Cc1ccc(C(=O)C(C)Oc2ccccc2C)cc1C. The van der Waals surface area contributed by atoms with Crippen LogP contribution in [0.25, 0.3) is 0 Å². The molecule has 2 aromatic carbocycles. The van der Waals surface area contributed by atoms with Gasteiger partial charge in [-0.05, 0) is 56.5 Å². The van der Waals surface area contributed by atoms with Gasteiger partial charge in [-0.2, -0.15) is 0 Å². The van der Waals surface area contributed by atoms with Gasteiger partial charge in [0.05, 0.1) is 0 Å². The highest BCUT2D eigenvalue weighted by Gasteiger charge is 2.17. The summed E-state index contributed by atoms with van der Waals surface area (Å²) in [5.41, 5.74) is 4.05. The van der Waals surface area contributed by atoms with Gasteiger partial charge in [-0.3, -0.25) is 4.79 Å². The lowest BCUT2D eigenvalue weighted by Crippen LogP contribution is -2.24. The van der Waals surface area contributed by atoms with Crippen LogP contribution in [-0.4, -0.2) is 11.9 Å². The largest absolute Gasteiger partial charge is 0.482 e. The first-order valence-electron chi connectivity index (χ1n) is 6.83. The molecule has 0 amide bonds. The zero-order valence-corrected chi connectivity index (χ0v) is 12.4. The molecule has 0 radical (unpaired) electrons. The van der Waals surface area contributed by atoms with Crippen molar-refractivity contribution in [1.82, 2.24) is 0 Å². The average Bonchev–Trinajstić information content (AvgIpc) is 2.43. The highest BCUT2D eigenvalue weighted by molar-refractivity contribution is 5.99. The maximum Gasteiger partial charge on any atom is 0.203 e. The van der Waals surface area contributed by atoms with Crippen molar-refractivity contribution in [2.24, 2.45) is 0 Å². The van der Waals surface area contributed by atoms with Crippen LogP contribution in [0.5, 0.6) is 5.75 Å². The minimum Gasteiger partial charge on any atom is -0.482 e. The zero-order valence-electron chi connectivity index (χ0n) is 12.4. The van der Waals surface area contributed by atoms with E-state index < -0.39 is 6.10 Å². The normalized spacial score (nSPS) is 12.0. The van der Waals surface area contributed by atoms with E-state index in [0.29, 0.717) is 5.56 Å². The molecule has 0 spiro atoms. The lowest BCUT2D eigenvalue weighted by molar-refractivity contribution is 0.0817. The quantitative estimate of drug-likeness (QED) is 0.774. The Labute approximate surface area is 120 Å². The summed E-state index contributed by atoms with van der Waals surface area (Å²) in [5, 5.41) is 0. The molecular formula is C18H20O2. The van der Waals surface area contributed by atoms with Crippen LogP contribution < -0.4 is 4.74 Å². The molecule has 0 fully saturated rings. The molecule has 0 aliphatic heterocycles. The van der Waals surface area contributed by atoms with E-state index in [0.717, 1.165) is 16.9 Å². The molecule has 2 heteroatoms. The summed E-state index contributed by atoms with van der Waals surface area (Å²) in [6.45, 7) is 7.82. The summed E-state index contributed by atoms with van der Waals surface area (Å²) in [5.74, 6) is 0.772. The van der Waals surface area contributed by atoms with Gasteiger partial charge in [-0.25, -0.2) is 0 Å². The van der Waals surface area contributed by atoms with Crippen molar-refractivity contribution in [2.45, 2.75) is 33.8 Å². The predicted octanol–water partition coefficient (Wildman–Crippen LogP) is 4.26. The minimum absolute atomic E-state index is 0.0105. The van der Waals surface area contributed by atoms with Gasteiger partial charge in [-0.1, -0.05) is 30.3 Å². The van der Waals surface area contributed by atoms with Gasteiger partial charge in [0.2, 0.25) is 5.78 Å². The molecule has 1 atom stereocenters. The molecular weight excluding hydrogens is 248 g/mol. The van der Waals surface area contributed by atoms with Crippen LogP contribution in [0.2, 0.25) is 0 Å². The number of para-hydroxylation sites is 1. The Balaban J connectivity index is 2.16. The number of aryl methyl sites for hydroxylation is 3. The van der Waals surface area contributed by atoms with E-state index in [4.69, 9.17) is 4.74 Å². The molecule has 2 nitrogen and oxygen atoms in total. The number of carbonyl (C=O) groups is 1. The Hall–Kier alpha value is -2.09. The molecule has 104 valence electrons. The van der Waals surface area contributed by atoms with E-state index in [-0.39, 0.29) is 5.78 Å². The van der Waals surface area contributed by atoms with E-state index in [9.17, 15) is 4.79 Å². The number of benzene rings is 2. The third kappa shape index (κ3) is 3.08. The number of ether oxygens (including phenoxy) is 1. The van der Waals surface area contributed by atoms with Crippen LogP contribution in [0.4, 0.5) is 0 Å². The fraction of sp³-hybridized carbons (Fsp3) is 0.278. The first-order chi connectivity index (χ1) is 9.49. The first kappa shape index (κ1) is 14.3. The van der Waals surface area contributed by atoms with Gasteiger partial charge in [0.15, 0.2) is 6.10 Å². The Bertz CT molecular complexity index is 629. The predicted molar refractivity (Wildman–Crippen MR) is 81.5 cm³/mol. The third-order valence-corrected chi connectivity index (χ3v) is 3.56. The van der Waals surface area contributed by atoms with Crippen LogP contribution in [0, 0.1) is 20.8 Å². The third-order valence-electron chi connectivity index (χ3n) is 3.56. The Morgan fingerprint density at radius 2 is 1.65 bits per heavy atom. The van der Waals surface area contributed by atoms with Crippen molar-refractivity contribution in [1.29, 1.82) is 0 Å². The standard InChI is InChI=1S/C18H20O2/c1-12-9-10-16(11-14(12)3)18(19)15(4)20-17-8-6-5-7-13(17)2/h5-11,15H,1-4H3. The smallest absolute Gasteiger partial charge is 0.203 e. The van der Waals surface area contributed by atoms with Crippen molar-refractivity contribution < 1.29 is 9.53 Å². The second kappa shape index (κ2) is 5.91. The highest BCUT2D eigenvalue weighted by atomic mass is 16.5. The lowest BCUT2D eigenvalue weighted by Gasteiger charge is -2.16. The van der Waals surface area contributed by atoms with Crippen molar-refractivity contribution in [2.75, 3.05) is 0 Å². The van der Waals surface area contributed by atoms with E-state index in [1.807, 2.05) is 63.2 Å². The summed E-state index contributed by atoms with van der Waals surface area (Å²) in [7, 11) is 0. The van der Waals surface area contributed by atoms with Crippen LogP contribution in [0.3, 0.4) is 0 Å². The zero-order chi connectivity index (χ0) is 14.7. The maximum absolute atomic E-state index is 12.4. The molecule has 0 aliphatic carbocycles. The molecule has 0 saturated heterocycles. The van der Waals surface area contributed by atoms with Crippen LogP contribution in [0.1, 0.15) is 34.0 Å². The molecule has 0 aromatic heterocycles. The molecule has 0 N–H and O–H groups in total. The molecule has 2 rings (SSSR count).